The molecule has 0 amide bonds. The highest BCUT2D eigenvalue weighted by Gasteiger charge is 2.32. The standard InChI is InChI=1S/C27H19N3O2.C15H15N3.C13H12O4.C11H10O3.C10H8O3.C2H3ClO.H2O4S/c1-17-14-22-24(18-8-4-2-5-9-18)25(19-10-6-3-7-11-19)29-30(22)27(31)23(17)21-15-20-12-13-32-26(20)28-16-21;16-14(12-9-5-2-6-10-12)13(15(17)18)11-7-3-1-4-8-11;1-8(14)12(13(15)16-2)10-3-4-11-9(7-10)5-6-17-11;1-13-11(12)7-8-2-3-10-9(6-8)4-5-14-10;11-10(12)6-7-1-2-9-8(5-7)3-4-13-9;1-2(3)4;1-5(2,3)4/h2-13,15-16H,14H2,1H3;1-10H,16H2,(H3,17,18);3-7,12H,1-2H3;2-6H,7H2,1H3;1-5H,6H2,(H,11,12);1H3;(H2,1,2,3,4). The fourth-order valence-electron chi connectivity index (χ4n) is 10.8. The number of aliphatic carboxylic acids is 1. The minimum absolute atomic E-state index is 0.0254. The maximum Gasteiger partial charge on any atom is 0.394 e. The highest BCUT2D eigenvalue weighted by Crippen LogP contribution is 2.40. The first-order valence-corrected chi connectivity index (χ1v) is 33.0. The largest absolute Gasteiger partial charge is 0.481 e. The maximum atomic E-state index is 13.7. The molecule has 7 aromatic carbocycles. The number of nitrogens with zero attached hydrogens (tertiary/aromatic N) is 3. The number of nitrogens with two attached hydrogens (primary N) is 2. The fourth-order valence-corrected chi connectivity index (χ4v) is 10.8. The number of carbonyl (C=O) groups excluding carboxylic acids is 5. The summed E-state index contributed by atoms with van der Waals surface area (Å²) in [7, 11) is -2.01. The number of carbonyl (C=O) groups is 6. The van der Waals surface area contributed by atoms with E-state index in [4.69, 9.17) is 62.3 Å². The predicted octanol–water partition coefficient (Wildman–Crippen LogP) is 15.1. The van der Waals surface area contributed by atoms with Gasteiger partial charge in [0.2, 0.25) is 11.0 Å². The number of nitrogens with one attached hydrogen (secondary N) is 1. The summed E-state index contributed by atoms with van der Waals surface area (Å²) in [5.74, 6) is -2.84. The third-order valence-electron chi connectivity index (χ3n) is 15.3. The van der Waals surface area contributed by atoms with Crippen LogP contribution in [0.25, 0.3) is 83.2 Å². The molecule has 1 aliphatic rings. The van der Waals surface area contributed by atoms with Crippen molar-refractivity contribution in [3.05, 3.63) is 282 Å². The number of fused-ring (bicyclic) bond motifs is 5. The van der Waals surface area contributed by atoms with Crippen molar-refractivity contribution in [2.24, 2.45) is 11.5 Å². The van der Waals surface area contributed by atoms with Gasteiger partial charge in [0.25, 0.3) is 5.91 Å². The first-order valence-electron chi connectivity index (χ1n) is 31.2. The molecule has 8 N–H and O–H groups in total. The van der Waals surface area contributed by atoms with E-state index in [0.717, 1.165) is 99.8 Å². The number of aromatic nitrogens is 3. The van der Waals surface area contributed by atoms with Crippen molar-refractivity contribution < 1.29 is 78.5 Å². The van der Waals surface area contributed by atoms with Gasteiger partial charge in [0, 0.05) is 68.9 Å². The molecule has 526 valence electrons. The lowest BCUT2D eigenvalue weighted by molar-refractivity contribution is -0.145. The van der Waals surface area contributed by atoms with Crippen LogP contribution in [-0.4, -0.2) is 92.3 Å². The van der Waals surface area contributed by atoms with Crippen LogP contribution in [0.3, 0.4) is 0 Å². The summed E-state index contributed by atoms with van der Waals surface area (Å²) < 4.78 is 63.3. The van der Waals surface area contributed by atoms with Crippen LogP contribution < -0.4 is 11.5 Å². The average Bonchev–Trinajstić information content (AvgIpc) is 1.60. The molecule has 14 rings (SSSR count). The molecule has 1 unspecified atom stereocenters. The second-order valence-electron chi connectivity index (χ2n) is 22.5. The van der Waals surface area contributed by atoms with E-state index in [-0.39, 0.29) is 35.2 Å². The van der Waals surface area contributed by atoms with Gasteiger partial charge in [-0.15, -0.1) is 0 Å². The molecule has 0 spiro atoms. The van der Waals surface area contributed by atoms with Crippen LogP contribution in [-0.2, 0) is 63.1 Å². The fraction of sp³-hybridized carbons (Fsp3) is 0.115. The van der Waals surface area contributed by atoms with Crippen molar-refractivity contribution in [1.82, 2.24) is 14.8 Å². The Morgan fingerprint density at radius 2 is 1.08 bits per heavy atom. The van der Waals surface area contributed by atoms with Gasteiger partial charge in [0.15, 0.2) is 0 Å². The number of pyridine rings is 1. The Kier molecular flexibility index (Phi) is 26.6. The number of amidine groups is 1. The zero-order chi connectivity index (χ0) is 74.3. The third kappa shape index (κ3) is 21.2. The molecule has 1 atom stereocenters. The molecule has 1 aliphatic heterocycles. The molecule has 0 aliphatic carbocycles. The highest BCUT2D eigenvalue weighted by molar-refractivity contribution is 7.79. The molecule has 0 radical (unpaired) electrons. The molecule has 0 fully saturated rings. The van der Waals surface area contributed by atoms with E-state index in [2.05, 4.69) is 38.2 Å². The quantitative estimate of drug-likeness (QED) is 0.0119. The Morgan fingerprint density at radius 1 is 0.612 bits per heavy atom. The number of carboxylic acids is 1. The SMILES string of the molecule is CC(=O)Cl.CC1=C(c2cnc3occc3c2)C(=O)n2nc(-c3ccccc3)c(-c3ccccc3)c2C1.COC(=O)C(C(C)=O)c1ccc2occc2c1.COC(=O)Cc1ccc2occc2c1.N=C(N)C(=C(N)c1ccccc1)c1ccccc1.O=C(O)Cc1ccc2occc2c1.O=S(=O)(O)O. The molecule has 6 aromatic heterocycles. The molecular weight excluding hydrogens is 1360 g/mol. The van der Waals surface area contributed by atoms with Gasteiger partial charge in [-0.2, -0.15) is 18.2 Å². The van der Waals surface area contributed by atoms with E-state index >= 15 is 0 Å². The molecule has 0 saturated carbocycles. The van der Waals surface area contributed by atoms with Crippen LogP contribution in [0, 0.1) is 5.41 Å². The number of hydrogen-bond donors (Lipinski definition) is 6. The average molecular weight is 1430 g/mol. The number of hydrogen-bond acceptors (Lipinski definition) is 18. The van der Waals surface area contributed by atoms with Crippen LogP contribution in [0.2, 0.25) is 0 Å². The number of benzene rings is 7. The number of carboxylic acid groups (broad SMARTS) is 1. The molecule has 7 heterocycles. The lowest BCUT2D eigenvalue weighted by Gasteiger charge is -2.19. The third-order valence-corrected chi connectivity index (χ3v) is 15.3. The van der Waals surface area contributed by atoms with E-state index in [1.807, 2.05) is 165 Å². The number of ketones is 1. The van der Waals surface area contributed by atoms with Crippen molar-refractivity contribution in [2.45, 2.75) is 46.0 Å². The van der Waals surface area contributed by atoms with E-state index in [1.165, 1.54) is 28.1 Å². The number of ether oxygens (including phenoxy) is 2. The van der Waals surface area contributed by atoms with Gasteiger partial charge in [0.1, 0.15) is 40.0 Å². The lowest BCUT2D eigenvalue weighted by atomic mass is 9.91. The summed E-state index contributed by atoms with van der Waals surface area (Å²) in [5.41, 5.74) is 27.1. The molecule has 13 aromatic rings. The number of furan rings is 4. The Balaban J connectivity index is 0.000000165. The lowest BCUT2D eigenvalue weighted by Crippen LogP contribution is -2.23. The zero-order valence-electron chi connectivity index (χ0n) is 56.1. The molecule has 0 saturated heterocycles. The minimum atomic E-state index is -4.67. The zero-order valence-corrected chi connectivity index (χ0v) is 57.6. The summed E-state index contributed by atoms with van der Waals surface area (Å²) in [6, 6.07) is 64.8. The van der Waals surface area contributed by atoms with Crippen LogP contribution in [0.4, 0.5) is 0 Å². The van der Waals surface area contributed by atoms with Crippen LogP contribution in [0.1, 0.15) is 70.6 Å². The van der Waals surface area contributed by atoms with E-state index in [9.17, 15) is 28.8 Å². The Labute approximate surface area is 595 Å². The van der Waals surface area contributed by atoms with Gasteiger partial charge in [-0.25, -0.2) is 4.98 Å². The Hall–Kier alpha value is -12.6. The maximum absolute atomic E-state index is 13.7. The van der Waals surface area contributed by atoms with Crippen molar-refractivity contribution >= 4 is 124 Å². The Bertz CT molecular complexity index is 5320. The summed E-state index contributed by atoms with van der Waals surface area (Å²) in [4.78, 5) is 71.8. The number of rotatable bonds is 13. The smallest absolute Gasteiger partial charge is 0.394 e. The van der Waals surface area contributed by atoms with Gasteiger partial charge < -0.3 is 43.7 Å². The highest BCUT2D eigenvalue weighted by atomic mass is 35.5. The molecule has 25 heteroatoms. The number of allylic oxidation sites excluding steroid dienone is 2. The van der Waals surface area contributed by atoms with Gasteiger partial charge in [-0.1, -0.05) is 145 Å². The van der Waals surface area contributed by atoms with Gasteiger partial charge in [0.05, 0.1) is 63.5 Å². The van der Waals surface area contributed by atoms with E-state index in [0.29, 0.717) is 41.0 Å². The Morgan fingerprint density at radius 3 is 1.57 bits per heavy atom. The van der Waals surface area contributed by atoms with Gasteiger partial charge in [-0.05, 0) is 126 Å². The number of methoxy groups -OCH3 is 2. The molecule has 103 heavy (non-hydrogen) atoms. The summed E-state index contributed by atoms with van der Waals surface area (Å²) in [6.07, 6.45) is 9.09. The van der Waals surface area contributed by atoms with Crippen LogP contribution in [0.15, 0.2) is 261 Å². The number of esters is 2. The van der Waals surface area contributed by atoms with Crippen molar-refractivity contribution in [3.8, 4) is 22.4 Å². The number of halogens is 1. The second-order valence-corrected chi connectivity index (χ2v) is 24.0. The summed E-state index contributed by atoms with van der Waals surface area (Å²) in [5, 5.41) is 24.4. The predicted molar refractivity (Wildman–Crippen MR) is 392 cm³/mol. The minimum Gasteiger partial charge on any atom is -0.481 e. The van der Waals surface area contributed by atoms with Crippen molar-refractivity contribution in [1.29, 1.82) is 5.41 Å². The summed E-state index contributed by atoms with van der Waals surface area (Å²) >= 11 is 4.64. The summed E-state index contributed by atoms with van der Waals surface area (Å²) in [6.45, 7) is 4.68. The first kappa shape index (κ1) is 76.1. The van der Waals surface area contributed by atoms with Crippen LogP contribution in [0.5, 0.6) is 0 Å². The van der Waals surface area contributed by atoms with E-state index < -0.39 is 28.3 Å². The molecule has 0 bridgehead atoms. The molecular formula is C78H69ClN6O17S. The van der Waals surface area contributed by atoms with Crippen molar-refractivity contribution in [3.63, 3.8) is 0 Å². The van der Waals surface area contributed by atoms with Gasteiger partial charge in [-0.3, -0.25) is 43.3 Å². The van der Waals surface area contributed by atoms with Crippen molar-refractivity contribution in [2.75, 3.05) is 14.2 Å². The first-order chi connectivity index (χ1) is 49.3. The van der Waals surface area contributed by atoms with Gasteiger partial charge >= 0.3 is 28.3 Å². The topological polar surface area (TPSA) is 375 Å². The second kappa shape index (κ2) is 35.9. The molecule has 23 nitrogen and oxygen atoms in total. The number of Topliss-reactive ketones (excluding diaryl/α,β-unsaturated/α-hetero) is 1. The normalized spacial score (nSPS) is 11.9. The van der Waals surface area contributed by atoms with Crippen LogP contribution >= 0.6 is 11.6 Å². The monoisotopic (exact) mass is 1430 g/mol. The van der Waals surface area contributed by atoms with E-state index in [1.54, 1.807) is 72.3 Å².